The zero-order chi connectivity index (χ0) is 27.5. The van der Waals surface area contributed by atoms with Crippen LogP contribution in [0.25, 0.3) is 0 Å². The smallest absolute Gasteiger partial charge is 0.0146 e. The van der Waals surface area contributed by atoms with Gasteiger partial charge in [0.25, 0.3) is 0 Å². The SMILES string of the molecule is Cc1ccc(C(C)(C)c2ccc(C)c(C)c2)cc1C.Cc1ccc(C(C)c2ccc(C)c(C)c2)cc1C. The van der Waals surface area contributed by atoms with Gasteiger partial charge in [0.2, 0.25) is 0 Å². The van der Waals surface area contributed by atoms with E-state index in [4.69, 9.17) is 0 Å². The fraction of sp³-hybridized carbons (Fsp3) is 0.351. The van der Waals surface area contributed by atoms with Crippen LogP contribution >= 0.6 is 0 Å². The van der Waals surface area contributed by atoms with Gasteiger partial charge in [-0.1, -0.05) is 93.6 Å². The van der Waals surface area contributed by atoms with E-state index >= 15 is 0 Å². The molecule has 37 heavy (non-hydrogen) atoms. The molecule has 0 bridgehead atoms. The Morgan fingerprint density at radius 2 is 0.703 bits per heavy atom. The molecule has 0 aromatic heterocycles. The van der Waals surface area contributed by atoms with E-state index in [9.17, 15) is 0 Å². The van der Waals surface area contributed by atoms with Gasteiger partial charge in [-0.15, -0.1) is 0 Å². The van der Waals surface area contributed by atoms with Crippen molar-refractivity contribution in [2.75, 3.05) is 0 Å². The molecule has 0 fully saturated rings. The maximum atomic E-state index is 2.32. The third kappa shape index (κ3) is 6.61. The predicted molar refractivity (Wildman–Crippen MR) is 163 cm³/mol. The minimum Gasteiger partial charge on any atom is -0.0588 e. The second kappa shape index (κ2) is 11.5. The van der Waals surface area contributed by atoms with E-state index in [2.05, 4.69) is 149 Å². The first-order valence-corrected chi connectivity index (χ1v) is 13.6. The average molecular weight is 491 g/mol. The van der Waals surface area contributed by atoms with Crippen LogP contribution in [-0.4, -0.2) is 0 Å². The summed E-state index contributed by atoms with van der Waals surface area (Å²) < 4.78 is 0. The molecule has 4 aromatic rings. The van der Waals surface area contributed by atoms with Gasteiger partial charge in [-0.2, -0.15) is 0 Å². The maximum absolute atomic E-state index is 2.32. The highest BCUT2D eigenvalue weighted by molar-refractivity contribution is 5.44. The van der Waals surface area contributed by atoms with Crippen molar-refractivity contribution in [2.45, 2.75) is 87.5 Å². The molecule has 0 unspecified atom stereocenters. The molecular formula is C37H46. The summed E-state index contributed by atoms with van der Waals surface area (Å²) in [5, 5.41) is 0. The summed E-state index contributed by atoms with van der Waals surface area (Å²) in [5.41, 5.74) is 16.6. The number of rotatable bonds is 4. The van der Waals surface area contributed by atoms with E-state index in [1.165, 1.54) is 66.8 Å². The molecule has 0 aliphatic carbocycles. The fourth-order valence-electron chi connectivity index (χ4n) is 4.69. The molecule has 0 saturated carbocycles. The summed E-state index contributed by atoms with van der Waals surface area (Å²) in [5.74, 6) is 0.462. The third-order valence-electron chi connectivity index (χ3n) is 8.52. The van der Waals surface area contributed by atoms with Crippen molar-refractivity contribution >= 4 is 0 Å². The Morgan fingerprint density at radius 1 is 0.405 bits per heavy atom. The molecular weight excluding hydrogens is 444 g/mol. The molecule has 0 radical (unpaired) electrons. The van der Waals surface area contributed by atoms with E-state index in [0.717, 1.165) is 0 Å². The van der Waals surface area contributed by atoms with E-state index in [1.54, 1.807) is 0 Å². The van der Waals surface area contributed by atoms with Crippen molar-refractivity contribution in [1.29, 1.82) is 0 Å². The Morgan fingerprint density at radius 3 is 1.00 bits per heavy atom. The maximum Gasteiger partial charge on any atom is 0.0146 e. The van der Waals surface area contributed by atoms with E-state index in [1.807, 2.05) is 0 Å². The number of aryl methyl sites for hydroxylation is 8. The summed E-state index contributed by atoms with van der Waals surface area (Å²) in [6, 6.07) is 27.2. The highest BCUT2D eigenvalue weighted by Crippen LogP contribution is 2.33. The van der Waals surface area contributed by atoms with Crippen molar-refractivity contribution in [3.05, 3.63) is 140 Å². The zero-order valence-electron chi connectivity index (χ0n) is 25.0. The van der Waals surface area contributed by atoms with Crippen LogP contribution in [-0.2, 0) is 5.41 Å². The second-order valence-corrected chi connectivity index (χ2v) is 11.6. The first-order chi connectivity index (χ1) is 17.3. The lowest BCUT2D eigenvalue weighted by atomic mass is 9.76. The molecule has 0 heterocycles. The van der Waals surface area contributed by atoms with Crippen molar-refractivity contribution in [1.82, 2.24) is 0 Å². The molecule has 0 atom stereocenters. The molecule has 0 aliphatic rings. The second-order valence-electron chi connectivity index (χ2n) is 11.6. The average Bonchev–Trinajstić information content (AvgIpc) is 2.85. The summed E-state index contributed by atoms with van der Waals surface area (Å²) in [4.78, 5) is 0. The largest absolute Gasteiger partial charge is 0.0588 e. The zero-order valence-corrected chi connectivity index (χ0v) is 25.0. The van der Waals surface area contributed by atoms with Crippen LogP contribution in [0.2, 0.25) is 0 Å². The fourth-order valence-corrected chi connectivity index (χ4v) is 4.69. The standard InChI is InChI=1S/C19H24.C18H22/c1-13-7-9-17(11-15(13)3)19(5,6)18-10-8-14(2)16(4)12-18;1-12-6-8-17(10-14(12)3)16(5)18-9-7-13(2)15(4)11-18/h7-12H,1-6H3;6-11,16H,1-5H3. The minimum absolute atomic E-state index is 0.0525. The monoisotopic (exact) mass is 490 g/mol. The molecule has 4 aromatic carbocycles. The van der Waals surface area contributed by atoms with Gasteiger partial charge in [-0.3, -0.25) is 0 Å². The first-order valence-electron chi connectivity index (χ1n) is 13.6. The highest BCUT2D eigenvalue weighted by Gasteiger charge is 2.23. The molecule has 4 rings (SSSR count). The van der Waals surface area contributed by atoms with Gasteiger partial charge < -0.3 is 0 Å². The van der Waals surface area contributed by atoms with Crippen LogP contribution in [0.5, 0.6) is 0 Å². The van der Waals surface area contributed by atoms with Crippen LogP contribution in [0.1, 0.15) is 93.5 Å². The topological polar surface area (TPSA) is 0 Å². The summed E-state index contributed by atoms with van der Waals surface area (Å²) in [6.07, 6.45) is 0. The molecule has 0 heteroatoms. The number of benzene rings is 4. The van der Waals surface area contributed by atoms with Crippen molar-refractivity contribution in [3.63, 3.8) is 0 Å². The Labute approximate surface area is 226 Å². The van der Waals surface area contributed by atoms with Gasteiger partial charge in [0.1, 0.15) is 0 Å². The highest BCUT2D eigenvalue weighted by atomic mass is 14.3. The van der Waals surface area contributed by atoms with Crippen LogP contribution in [0.15, 0.2) is 72.8 Å². The first kappa shape index (κ1) is 28.5. The van der Waals surface area contributed by atoms with Gasteiger partial charge in [0.05, 0.1) is 0 Å². The molecule has 194 valence electrons. The lowest BCUT2D eigenvalue weighted by Crippen LogP contribution is -2.19. The van der Waals surface area contributed by atoms with Gasteiger partial charge >= 0.3 is 0 Å². The summed E-state index contributed by atoms with van der Waals surface area (Å²) in [7, 11) is 0. The Kier molecular flexibility index (Phi) is 8.85. The van der Waals surface area contributed by atoms with Gasteiger partial charge in [-0.25, -0.2) is 0 Å². The van der Waals surface area contributed by atoms with Crippen LogP contribution in [0.3, 0.4) is 0 Å². The minimum atomic E-state index is 0.0525. The Balaban J connectivity index is 0.000000206. The number of hydrogen-bond acceptors (Lipinski definition) is 0. The van der Waals surface area contributed by atoms with E-state index in [-0.39, 0.29) is 5.41 Å². The molecule has 0 N–H and O–H groups in total. The van der Waals surface area contributed by atoms with E-state index < -0.39 is 0 Å². The van der Waals surface area contributed by atoms with E-state index in [0.29, 0.717) is 5.92 Å². The van der Waals surface area contributed by atoms with Crippen LogP contribution in [0, 0.1) is 55.4 Å². The lowest BCUT2D eigenvalue weighted by Gasteiger charge is -2.27. The molecule has 0 nitrogen and oxygen atoms in total. The Bertz CT molecular complexity index is 1280. The molecule has 0 amide bonds. The van der Waals surface area contributed by atoms with Crippen LogP contribution in [0.4, 0.5) is 0 Å². The molecule has 0 aliphatic heterocycles. The van der Waals surface area contributed by atoms with Gasteiger partial charge in [0, 0.05) is 11.3 Å². The summed E-state index contributed by atoms with van der Waals surface area (Å²) >= 11 is 0. The van der Waals surface area contributed by atoms with Crippen LogP contribution < -0.4 is 0 Å². The van der Waals surface area contributed by atoms with Gasteiger partial charge in [-0.05, 0) is 122 Å². The van der Waals surface area contributed by atoms with Crippen molar-refractivity contribution in [3.8, 4) is 0 Å². The predicted octanol–water partition coefficient (Wildman–Crippen LogP) is 10.3. The summed E-state index contributed by atoms with van der Waals surface area (Å²) in [6.45, 7) is 24.3. The Hall–Kier alpha value is -3.12. The quantitative estimate of drug-likeness (QED) is 0.267. The molecule has 0 saturated heterocycles. The normalized spacial score (nSPS) is 11.4. The van der Waals surface area contributed by atoms with Crippen molar-refractivity contribution in [2.24, 2.45) is 0 Å². The number of hydrogen-bond donors (Lipinski definition) is 0. The lowest BCUT2D eigenvalue weighted by molar-refractivity contribution is 0.639. The molecule has 0 spiro atoms. The third-order valence-corrected chi connectivity index (χ3v) is 8.52. The van der Waals surface area contributed by atoms with Crippen molar-refractivity contribution < 1.29 is 0 Å². The van der Waals surface area contributed by atoms with Gasteiger partial charge in [0.15, 0.2) is 0 Å².